The molecule has 2 bridgehead atoms. The second kappa shape index (κ2) is 4.96. The molecule has 5 aliphatic rings. The van der Waals surface area contributed by atoms with Crippen LogP contribution < -0.4 is 0 Å². The molecule has 1 spiro atoms. The molecular formula is C25H40. The number of hydrogen-bond acceptors (Lipinski definition) is 0. The van der Waals surface area contributed by atoms with Crippen molar-refractivity contribution in [3.05, 3.63) is 12.2 Å². The van der Waals surface area contributed by atoms with Crippen LogP contribution in [0.3, 0.4) is 0 Å². The van der Waals surface area contributed by atoms with Gasteiger partial charge in [0, 0.05) is 0 Å². The van der Waals surface area contributed by atoms with E-state index < -0.39 is 0 Å². The van der Waals surface area contributed by atoms with E-state index >= 15 is 0 Å². The van der Waals surface area contributed by atoms with E-state index in [1.54, 1.807) is 12.0 Å². The minimum absolute atomic E-state index is 0.569. The van der Waals surface area contributed by atoms with Crippen molar-refractivity contribution in [2.45, 2.75) is 86.0 Å². The van der Waals surface area contributed by atoms with Crippen LogP contribution in [0.5, 0.6) is 0 Å². The first-order valence-electron chi connectivity index (χ1n) is 11.4. The summed E-state index contributed by atoms with van der Waals surface area (Å²) in [6.07, 6.45) is 11.9. The number of fused-ring (bicyclic) bond motifs is 3. The topological polar surface area (TPSA) is 0 Å². The monoisotopic (exact) mass is 340 g/mol. The van der Waals surface area contributed by atoms with Gasteiger partial charge in [0.25, 0.3) is 0 Å². The molecule has 1 unspecified atom stereocenters. The van der Waals surface area contributed by atoms with Gasteiger partial charge in [0.2, 0.25) is 0 Å². The fourth-order valence-electron chi connectivity index (χ4n) is 10.1. The predicted molar refractivity (Wildman–Crippen MR) is 106 cm³/mol. The Labute approximate surface area is 156 Å². The van der Waals surface area contributed by atoms with E-state index in [9.17, 15) is 0 Å². The molecule has 9 atom stereocenters. The van der Waals surface area contributed by atoms with E-state index in [1.165, 1.54) is 44.9 Å². The minimum atomic E-state index is 0.569. The predicted octanol–water partition coefficient (Wildman–Crippen LogP) is 7.10. The lowest BCUT2D eigenvalue weighted by Gasteiger charge is -2.57. The van der Waals surface area contributed by atoms with Crippen molar-refractivity contribution < 1.29 is 0 Å². The van der Waals surface area contributed by atoms with Gasteiger partial charge in [-0.3, -0.25) is 0 Å². The van der Waals surface area contributed by atoms with E-state index in [1.807, 2.05) is 0 Å². The maximum absolute atomic E-state index is 4.69. The highest BCUT2D eigenvalue weighted by molar-refractivity contribution is 5.28. The lowest BCUT2D eigenvalue weighted by atomic mass is 9.47. The summed E-state index contributed by atoms with van der Waals surface area (Å²) in [6, 6.07) is 0. The Balaban J connectivity index is 1.67. The van der Waals surface area contributed by atoms with Gasteiger partial charge in [-0.2, -0.15) is 0 Å². The largest absolute Gasteiger partial charge is 0.0996 e. The average Bonchev–Trinajstić information content (AvgIpc) is 3.07. The van der Waals surface area contributed by atoms with Crippen LogP contribution >= 0.6 is 0 Å². The van der Waals surface area contributed by atoms with E-state index in [0.717, 1.165) is 41.4 Å². The third-order valence-electron chi connectivity index (χ3n) is 11.4. The normalized spacial score (nSPS) is 59.8. The van der Waals surface area contributed by atoms with Crippen LogP contribution in [0.15, 0.2) is 12.2 Å². The van der Waals surface area contributed by atoms with Crippen molar-refractivity contribution in [2.24, 2.45) is 57.7 Å². The molecular weight excluding hydrogens is 300 g/mol. The van der Waals surface area contributed by atoms with Crippen molar-refractivity contribution in [3.63, 3.8) is 0 Å². The summed E-state index contributed by atoms with van der Waals surface area (Å²) in [6.45, 7) is 17.8. The standard InChI is InChI=1S/C25H40/c1-15(2)18-9-11-23(5)13-21-16(3)7-8-20-19-10-12-25(17(19)4,14-22(18)23)24(20,21)6/h15,17-22H,3,7-14H2,1-2,4-6H3/t17?,18-,19-,20+,21+,22-,23+,24-,25-/m0/s1. The molecule has 0 aliphatic heterocycles. The van der Waals surface area contributed by atoms with Crippen LogP contribution in [-0.4, -0.2) is 0 Å². The summed E-state index contributed by atoms with van der Waals surface area (Å²) in [5.74, 6) is 6.63. The molecule has 0 nitrogen and oxygen atoms in total. The molecule has 0 aromatic rings. The van der Waals surface area contributed by atoms with E-state index in [-0.39, 0.29) is 0 Å². The SMILES string of the molecule is C=C1CC[C@@H]2[C@H]3CC[C@]4(C[C@H]5[C@H](C(C)C)CC[C@]5(C)C[C@H]1[C@]24C)C3C. The Kier molecular flexibility index (Phi) is 3.35. The van der Waals surface area contributed by atoms with Crippen LogP contribution in [0, 0.1) is 57.7 Å². The summed E-state index contributed by atoms with van der Waals surface area (Å²) >= 11 is 0. The van der Waals surface area contributed by atoms with Gasteiger partial charge >= 0.3 is 0 Å². The van der Waals surface area contributed by atoms with E-state index in [4.69, 9.17) is 0 Å². The quantitative estimate of drug-likeness (QED) is 0.446. The first kappa shape index (κ1) is 16.9. The summed E-state index contributed by atoms with van der Waals surface area (Å²) < 4.78 is 0. The van der Waals surface area contributed by atoms with Crippen LogP contribution in [0.1, 0.15) is 86.0 Å². The Hall–Kier alpha value is -0.260. The second-order valence-corrected chi connectivity index (χ2v) is 11.9. The molecule has 0 saturated heterocycles. The summed E-state index contributed by atoms with van der Waals surface area (Å²) in [5, 5.41) is 0. The Morgan fingerprint density at radius 2 is 1.76 bits per heavy atom. The van der Waals surface area contributed by atoms with Gasteiger partial charge in [-0.25, -0.2) is 0 Å². The van der Waals surface area contributed by atoms with Gasteiger partial charge in [-0.1, -0.05) is 46.8 Å². The maximum atomic E-state index is 4.69. The zero-order valence-corrected chi connectivity index (χ0v) is 17.4. The van der Waals surface area contributed by atoms with Gasteiger partial charge in [0.05, 0.1) is 0 Å². The van der Waals surface area contributed by atoms with E-state index in [0.29, 0.717) is 16.2 Å². The number of allylic oxidation sites excluding steroid dienone is 1. The molecule has 0 heteroatoms. The molecule has 140 valence electrons. The lowest BCUT2D eigenvalue weighted by molar-refractivity contribution is -0.0564. The van der Waals surface area contributed by atoms with Crippen LogP contribution in [0.25, 0.3) is 0 Å². The van der Waals surface area contributed by atoms with Crippen molar-refractivity contribution >= 4 is 0 Å². The van der Waals surface area contributed by atoms with Crippen LogP contribution in [-0.2, 0) is 0 Å². The molecule has 0 heterocycles. The zero-order valence-electron chi connectivity index (χ0n) is 17.4. The zero-order chi connectivity index (χ0) is 17.8. The first-order valence-corrected chi connectivity index (χ1v) is 11.4. The highest BCUT2D eigenvalue weighted by atomic mass is 14.8. The van der Waals surface area contributed by atoms with Crippen molar-refractivity contribution in [3.8, 4) is 0 Å². The molecule has 0 N–H and O–H groups in total. The summed E-state index contributed by atoms with van der Waals surface area (Å²) in [5.41, 5.74) is 3.44. The molecule has 0 radical (unpaired) electrons. The number of hydrogen-bond donors (Lipinski definition) is 0. The minimum Gasteiger partial charge on any atom is -0.0996 e. The highest BCUT2D eigenvalue weighted by Crippen LogP contribution is 2.81. The van der Waals surface area contributed by atoms with E-state index in [2.05, 4.69) is 41.2 Å². The van der Waals surface area contributed by atoms with Gasteiger partial charge in [-0.05, 0) is 109 Å². The van der Waals surface area contributed by atoms with Gasteiger partial charge in [0.1, 0.15) is 0 Å². The maximum Gasteiger partial charge on any atom is -0.0138 e. The third kappa shape index (κ3) is 1.76. The van der Waals surface area contributed by atoms with Crippen LogP contribution in [0.2, 0.25) is 0 Å². The van der Waals surface area contributed by atoms with Crippen molar-refractivity contribution in [2.75, 3.05) is 0 Å². The third-order valence-corrected chi connectivity index (χ3v) is 11.4. The van der Waals surface area contributed by atoms with Gasteiger partial charge < -0.3 is 0 Å². The fourth-order valence-corrected chi connectivity index (χ4v) is 10.1. The molecule has 0 aromatic heterocycles. The molecule has 25 heavy (non-hydrogen) atoms. The molecule has 5 rings (SSSR count). The smallest absolute Gasteiger partial charge is 0.0138 e. The Morgan fingerprint density at radius 1 is 1.00 bits per heavy atom. The molecule has 0 aromatic carbocycles. The van der Waals surface area contributed by atoms with Gasteiger partial charge in [-0.15, -0.1) is 0 Å². The average molecular weight is 341 g/mol. The van der Waals surface area contributed by atoms with Crippen LogP contribution in [0.4, 0.5) is 0 Å². The highest BCUT2D eigenvalue weighted by Gasteiger charge is 2.74. The Morgan fingerprint density at radius 3 is 2.48 bits per heavy atom. The van der Waals surface area contributed by atoms with Gasteiger partial charge in [0.15, 0.2) is 0 Å². The first-order chi connectivity index (χ1) is 11.7. The number of rotatable bonds is 1. The molecule has 0 amide bonds. The second-order valence-electron chi connectivity index (χ2n) is 11.9. The molecule has 5 aliphatic carbocycles. The lowest BCUT2D eigenvalue weighted by Crippen LogP contribution is -2.50. The fraction of sp³-hybridized carbons (Fsp3) is 0.920. The molecule has 5 fully saturated rings. The van der Waals surface area contributed by atoms with Crippen molar-refractivity contribution in [1.29, 1.82) is 0 Å². The van der Waals surface area contributed by atoms with Crippen molar-refractivity contribution in [1.82, 2.24) is 0 Å². The summed E-state index contributed by atoms with van der Waals surface area (Å²) in [7, 11) is 0. The summed E-state index contributed by atoms with van der Waals surface area (Å²) in [4.78, 5) is 0. The Bertz CT molecular complexity index is 601. The molecule has 5 saturated carbocycles.